The molecule has 9 heteroatoms. The minimum Gasteiger partial charge on any atom is -0.477 e. The molecule has 8 nitrogen and oxygen atoms in total. The van der Waals surface area contributed by atoms with Crippen molar-refractivity contribution in [3.05, 3.63) is 33.8 Å². The largest absolute Gasteiger partial charge is 0.477 e. The zero-order chi connectivity index (χ0) is 15.4. The smallest absolute Gasteiger partial charge is 0.347 e. The van der Waals surface area contributed by atoms with E-state index in [4.69, 9.17) is 5.11 Å². The first kappa shape index (κ1) is 15.0. The molecule has 112 valence electrons. The van der Waals surface area contributed by atoms with Crippen molar-refractivity contribution in [3.63, 3.8) is 0 Å². The number of carbonyl (C=O) groups is 2. The SMILES string of the molecule is Cc1nc(CNC(=O)NCc2nccn2C)sc1C(=O)O. The molecule has 0 aliphatic rings. The van der Waals surface area contributed by atoms with Gasteiger partial charge in [0.1, 0.15) is 15.7 Å². The lowest BCUT2D eigenvalue weighted by Gasteiger charge is -2.06. The Kier molecular flexibility index (Phi) is 4.53. The van der Waals surface area contributed by atoms with Crippen LogP contribution in [0.1, 0.15) is 26.2 Å². The van der Waals surface area contributed by atoms with Crippen molar-refractivity contribution in [3.8, 4) is 0 Å². The molecule has 3 N–H and O–H groups in total. The van der Waals surface area contributed by atoms with Gasteiger partial charge < -0.3 is 20.3 Å². The normalized spacial score (nSPS) is 10.4. The third-order valence-electron chi connectivity index (χ3n) is 2.76. The molecule has 0 aliphatic heterocycles. The number of thiazole rings is 1. The van der Waals surface area contributed by atoms with Crippen LogP contribution in [0.25, 0.3) is 0 Å². The third-order valence-corrected chi connectivity index (χ3v) is 3.91. The summed E-state index contributed by atoms with van der Waals surface area (Å²) in [5, 5.41) is 14.8. The van der Waals surface area contributed by atoms with Gasteiger partial charge in [0.2, 0.25) is 0 Å². The lowest BCUT2D eigenvalue weighted by molar-refractivity contribution is 0.0701. The van der Waals surface area contributed by atoms with Crippen molar-refractivity contribution in [2.24, 2.45) is 7.05 Å². The van der Waals surface area contributed by atoms with E-state index >= 15 is 0 Å². The van der Waals surface area contributed by atoms with Crippen LogP contribution in [0.2, 0.25) is 0 Å². The number of amides is 2. The summed E-state index contributed by atoms with van der Waals surface area (Å²) in [4.78, 5) is 30.9. The highest BCUT2D eigenvalue weighted by atomic mass is 32.1. The summed E-state index contributed by atoms with van der Waals surface area (Å²) in [6.45, 7) is 2.13. The molecule has 0 saturated carbocycles. The maximum absolute atomic E-state index is 11.6. The van der Waals surface area contributed by atoms with Gasteiger partial charge in [0.25, 0.3) is 0 Å². The molecular formula is C12H15N5O3S. The maximum atomic E-state index is 11.6. The summed E-state index contributed by atoms with van der Waals surface area (Å²) in [6, 6.07) is -0.359. The number of aromatic nitrogens is 3. The Labute approximate surface area is 124 Å². The summed E-state index contributed by atoms with van der Waals surface area (Å²) in [6.07, 6.45) is 3.45. The lowest BCUT2D eigenvalue weighted by Crippen LogP contribution is -2.35. The Morgan fingerprint density at radius 1 is 1.38 bits per heavy atom. The predicted octanol–water partition coefficient (Wildman–Crippen LogP) is 0.883. The molecule has 2 heterocycles. The number of imidazole rings is 1. The number of nitrogens with one attached hydrogen (secondary N) is 2. The highest BCUT2D eigenvalue weighted by molar-refractivity contribution is 7.13. The van der Waals surface area contributed by atoms with Gasteiger partial charge in [0, 0.05) is 19.4 Å². The zero-order valence-corrected chi connectivity index (χ0v) is 12.4. The molecule has 0 radical (unpaired) electrons. The molecule has 2 rings (SSSR count). The fourth-order valence-electron chi connectivity index (χ4n) is 1.67. The van der Waals surface area contributed by atoms with Gasteiger partial charge in [-0.05, 0) is 6.92 Å². The van der Waals surface area contributed by atoms with Gasteiger partial charge in [-0.25, -0.2) is 19.6 Å². The second-order valence-corrected chi connectivity index (χ2v) is 5.40. The van der Waals surface area contributed by atoms with E-state index in [0.29, 0.717) is 17.2 Å². The van der Waals surface area contributed by atoms with E-state index in [0.717, 1.165) is 17.2 Å². The van der Waals surface area contributed by atoms with Crippen molar-refractivity contribution < 1.29 is 14.7 Å². The number of nitrogens with zero attached hydrogens (tertiary/aromatic N) is 3. The van der Waals surface area contributed by atoms with E-state index in [-0.39, 0.29) is 17.5 Å². The molecule has 2 aromatic heterocycles. The Bertz CT molecular complexity index is 664. The summed E-state index contributed by atoms with van der Waals surface area (Å²) >= 11 is 1.06. The minimum absolute atomic E-state index is 0.186. The van der Waals surface area contributed by atoms with Crippen LogP contribution >= 0.6 is 11.3 Å². The first-order valence-corrected chi connectivity index (χ1v) is 6.96. The monoisotopic (exact) mass is 309 g/mol. The molecule has 0 unspecified atom stereocenters. The number of hydrogen-bond acceptors (Lipinski definition) is 5. The van der Waals surface area contributed by atoms with Gasteiger partial charge in [-0.3, -0.25) is 0 Å². The quantitative estimate of drug-likeness (QED) is 0.759. The van der Waals surface area contributed by atoms with E-state index < -0.39 is 5.97 Å². The summed E-state index contributed by atoms with van der Waals surface area (Å²) in [5.74, 6) is -0.265. The molecule has 0 fully saturated rings. The van der Waals surface area contributed by atoms with Gasteiger partial charge in [-0.1, -0.05) is 0 Å². The Balaban J connectivity index is 1.82. The molecule has 2 aromatic rings. The second-order valence-electron chi connectivity index (χ2n) is 4.32. The molecule has 0 bridgehead atoms. The van der Waals surface area contributed by atoms with Crippen molar-refractivity contribution in [2.75, 3.05) is 0 Å². The van der Waals surface area contributed by atoms with E-state index in [9.17, 15) is 9.59 Å². The molecule has 0 aromatic carbocycles. The average molecular weight is 309 g/mol. The van der Waals surface area contributed by atoms with Crippen LogP contribution in [-0.4, -0.2) is 31.6 Å². The fraction of sp³-hybridized carbons (Fsp3) is 0.333. The third kappa shape index (κ3) is 3.78. The van der Waals surface area contributed by atoms with Gasteiger partial charge in [-0.15, -0.1) is 11.3 Å². The lowest BCUT2D eigenvalue weighted by atomic mass is 10.4. The highest BCUT2D eigenvalue weighted by Gasteiger charge is 2.14. The maximum Gasteiger partial charge on any atom is 0.347 e. The van der Waals surface area contributed by atoms with Crippen LogP contribution in [0.15, 0.2) is 12.4 Å². The molecule has 0 saturated heterocycles. The number of carbonyl (C=O) groups excluding carboxylic acids is 1. The van der Waals surface area contributed by atoms with E-state index in [1.807, 2.05) is 11.6 Å². The first-order chi connectivity index (χ1) is 9.97. The van der Waals surface area contributed by atoms with Crippen molar-refractivity contribution >= 4 is 23.3 Å². The topological polar surface area (TPSA) is 109 Å². The molecular weight excluding hydrogens is 294 g/mol. The van der Waals surface area contributed by atoms with Crippen LogP contribution in [-0.2, 0) is 20.1 Å². The van der Waals surface area contributed by atoms with E-state index in [1.165, 1.54) is 0 Å². The number of urea groups is 1. The predicted molar refractivity (Wildman–Crippen MR) is 76.1 cm³/mol. The van der Waals surface area contributed by atoms with E-state index in [1.54, 1.807) is 19.3 Å². The molecule has 0 spiro atoms. The van der Waals surface area contributed by atoms with Crippen LogP contribution in [0.5, 0.6) is 0 Å². The van der Waals surface area contributed by atoms with Gasteiger partial charge in [0.15, 0.2) is 0 Å². The Hall–Kier alpha value is -2.42. The molecule has 2 amide bonds. The van der Waals surface area contributed by atoms with E-state index in [2.05, 4.69) is 20.6 Å². The summed E-state index contributed by atoms with van der Waals surface area (Å²) in [7, 11) is 1.84. The number of aromatic carboxylic acids is 1. The Morgan fingerprint density at radius 2 is 2.10 bits per heavy atom. The molecule has 21 heavy (non-hydrogen) atoms. The molecule has 0 atom stereocenters. The first-order valence-electron chi connectivity index (χ1n) is 6.15. The summed E-state index contributed by atoms with van der Waals surface area (Å²) < 4.78 is 1.81. The molecule has 0 aliphatic carbocycles. The number of hydrogen-bond donors (Lipinski definition) is 3. The van der Waals surface area contributed by atoms with Crippen LogP contribution in [0, 0.1) is 6.92 Å². The van der Waals surface area contributed by atoms with Gasteiger partial charge in [0.05, 0.1) is 18.8 Å². The van der Waals surface area contributed by atoms with Crippen molar-refractivity contribution in [1.29, 1.82) is 0 Å². The van der Waals surface area contributed by atoms with Gasteiger partial charge >= 0.3 is 12.0 Å². The van der Waals surface area contributed by atoms with Crippen molar-refractivity contribution in [2.45, 2.75) is 20.0 Å². The number of aryl methyl sites for hydroxylation is 2. The van der Waals surface area contributed by atoms with Crippen LogP contribution in [0.3, 0.4) is 0 Å². The second kappa shape index (κ2) is 6.35. The van der Waals surface area contributed by atoms with Gasteiger partial charge in [-0.2, -0.15) is 0 Å². The van der Waals surface area contributed by atoms with Crippen LogP contribution in [0.4, 0.5) is 4.79 Å². The zero-order valence-electron chi connectivity index (χ0n) is 11.6. The number of carboxylic acids is 1. The fourth-order valence-corrected chi connectivity index (χ4v) is 2.51. The van der Waals surface area contributed by atoms with Crippen molar-refractivity contribution in [1.82, 2.24) is 25.2 Å². The number of carboxylic acid groups (broad SMARTS) is 1. The summed E-state index contributed by atoms with van der Waals surface area (Å²) in [5.41, 5.74) is 0.456. The Morgan fingerprint density at radius 3 is 2.67 bits per heavy atom. The number of rotatable bonds is 5. The van der Waals surface area contributed by atoms with Crippen LogP contribution < -0.4 is 10.6 Å². The standard InChI is InChI=1S/C12H15N5O3S/c1-7-10(11(18)19)21-9(16-7)6-15-12(20)14-5-8-13-3-4-17(8)2/h3-4H,5-6H2,1-2H3,(H,18,19)(H2,14,15,20). The highest BCUT2D eigenvalue weighted by Crippen LogP contribution is 2.17. The average Bonchev–Trinajstić information content (AvgIpc) is 3.00. The minimum atomic E-state index is -1.00.